The van der Waals surface area contributed by atoms with Crippen LogP contribution in [0.4, 0.5) is 0 Å². The average molecular weight is 511 g/mol. The van der Waals surface area contributed by atoms with Crippen molar-refractivity contribution in [3.63, 3.8) is 0 Å². The molecule has 0 radical (unpaired) electrons. The van der Waals surface area contributed by atoms with Crippen molar-refractivity contribution < 1.29 is 33.6 Å². The van der Waals surface area contributed by atoms with Crippen LogP contribution in [0.15, 0.2) is 97.1 Å². The van der Waals surface area contributed by atoms with Crippen LogP contribution >= 0.6 is 11.3 Å². The molecule has 0 bridgehead atoms. The van der Waals surface area contributed by atoms with E-state index in [-0.39, 0.29) is 0 Å². The summed E-state index contributed by atoms with van der Waals surface area (Å²) in [7, 11) is -4.94. The summed E-state index contributed by atoms with van der Waals surface area (Å²) in [5, 5.41) is 0. The maximum absolute atomic E-state index is 8.49. The molecule has 0 amide bonds. The van der Waals surface area contributed by atoms with Gasteiger partial charge in [0.2, 0.25) is 21.1 Å². The third-order valence-electron chi connectivity index (χ3n) is 5.13. The molecule has 0 saturated heterocycles. The van der Waals surface area contributed by atoms with E-state index >= 15 is 0 Å². The van der Waals surface area contributed by atoms with Gasteiger partial charge >= 0.3 is 0 Å². The molecule has 4 aromatic rings. The van der Waals surface area contributed by atoms with Gasteiger partial charge in [-0.1, -0.05) is 68.3 Å². The van der Waals surface area contributed by atoms with Crippen molar-refractivity contribution in [2.75, 3.05) is 6.61 Å². The Morgan fingerprint density at radius 3 is 1.80 bits per heavy atom. The van der Waals surface area contributed by atoms with Crippen LogP contribution in [0.2, 0.25) is 0 Å². The second-order valence-electron chi connectivity index (χ2n) is 7.73. The van der Waals surface area contributed by atoms with Gasteiger partial charge in [0.1, 0.15) is 5.75 Å². The van der Waals surface area contributed by atoms with Crippen LogP contribution in [0.3, 0.4) is 0 Å². The SMILES string of the molecule is CCCCCOc1ccc(-c2ccc(-c3ccccc3)[s+]c2-c2ccccc2)cc1.[O-][Cl+3]([O-])([O-])[O-]. The van der Waals surface area contributed by atoms with Gasteiger partial charge in [-0.15, -0.1) is 10.2 Å². The molecule has 0 aliphatic carbocycles. The number of halogens is 1. The van der Waals surface area contributed by atoms with Crippen molar-refractivity contribution >= 4 is 11.3 Å². The Labute approximate surface area is 212 Å². The molecule has 0 atom stereocenters. The van der Waals surface area contributed by atoms with Gasteiger partial charge in [0.25, 0.3) is 0 Å². The lowest BCUT2D eigenvalue weighted by molar-refractivity contribution is -2.00. The highest BCUT2D eigenvalue weighted by Crippen LogP contribution is 2.40. The van der Waals surface area contributed by atoms with Gasteiger partial charge in [0.05, 0.1) is 6.61 Å². The minimum atomic E-state index is -4.94. The molecule has 3 aromatic carbocycles. The highest BCUT2D eigenvalue weighted by atomic mass is 35.7. The van der Waals surface area contributed by atoms with E-state index < -0.39 is 10.2 Å². The lowest BCUT2D eigenvalue weighted by Gasteiger charge is -2.17. The van der Waals surface area contributed by atoms with Crippen LogP contribution in [0, 0.1) is 10.2 Å². The van der Waals surface area contributed by atoms with Crippen molar-refractivity contribution in [3.8, 4) is 37.8 Å². The highest BCUT2D eigenvalue weighted by molar-refractivity contribution is 7.18. The lowest BCUT2D eigenvalue weighted by Crippen LogP contribution is -2.68. The van der Waals surface area contributed by atoms with Gasteiger partial charge in [-0.25, -0.2) is 18.6 Å². The van der Waals surface area contributed by atoms with Crippen molar-refractivity contribution in [2.24, 2.45) is 0 Å². The summed E-state index contributed by atoms with van der Waals surface area (Å²) in [4.78, 5) is 2.56. The molecule has 1 aromatic heterocycles. The number of ether oxygens (including phenoxy) is 1. The van der Waals surface area contributed by atoms with Gasteiger partial charge in [0.15, 0.2) is 0 Å². The van der Waals surface area contributed by atoms with E-state index in [4.69, 9.17) is 23.4 Å². The molecule has 182 valence electrons. The molecule has 0 unspecified atom stereocenters. The van der Waals surface area contributed by atoms with Gasteiger partial charge in [-0.3, -0.25) is 0 Å². The van der Waals surface area contributed by atoms with Crippen LogP contribution in [0.25, 0.3) is 32.0 Å². The zero-order chi connectivity index (χ0) is 25.1. The lowest BCUT2D eigenvalue weighted by atomic mass is 10.0. The number of hydrogen-bond acceptors (Lipinski definition) is 5. The smallest absolute Gasteiger partial charge is 0.246 e. The first kappa shape index (κ1) is 26.8. The molecule has 0 N–H and O–H groups in total. The number of rotatable bonds is 8. The summed E-state index contributed by atoms with van der Waals surface area (Å²) in [5.74, 6) is 0.945. The zero-order valence-corrected chi connectivity index (χ0v) is 21.0. The van der Waals surface area contributed by atoms with Crippen LogP contribution in [-0.4, -0.2) is 6.61 Å². The maximum atomic E-state index is 8.49. The molecule has 0 aliphatic rings. The van der Waals surface area contributed by atoms with Crippen LogP contribution < -0.4 is 23.4 Å². The Bertz CT molecular complexity index is 1160. The molecule has 0 spiro atoms. The van der Waals surface area contributed by atoms with E-state index in [1.807, 2.05) is 11.3 Å². The molecule has 0 saturated carbocycles. The van der Waals surface area contributed by atoms with E-state index in [2.05, 4.69) is 104 Å². The largest absolute Gasteiger partial charge is 0.494 e. The first-order valence-electron chi connectivity index (χ1n) is 11.3. The Balaban J connectivity index is 0.000000623. The fourth-order valence-corrected chi connectivity index (χ4v) is 4.66. The molecule has 4 rings (SSSR count). The Morgan fingerprint density at radius 2 is 1.23 bits per heavy atom. The molecular formula is C28H27ClO5S. The topological polar surface area (TPSA) is 101 Å². The van der Waals surface area contributed by atoms with E-state index in [0.29, 0.717) is 0 Å². The van der Waals surface area contributed by atoms with Crippen LogP contribution in [-0.2, 0) is 0 Å². The van der Waals surface area contributed by atoms with Gasteiger partial charge in [-0.05, 0) is 54.4 Å². The summed E-state index contributed by atoms with van der Waals surface area (Å²) in [5.41, 5.74) is 4.96. The summed E-state index contributed by atoms with van der Waals surface area (Å²) in [6, 6.07) is 34.3. The molecule has 0 fully saturated rings. The van der Waals surface area contributed by atoms with Gasteiger partial charge in [0, 0.05) is 22.8 Å². The summed E-state index contributed by atoms with van der Waals surface area (Å²) >= 11 is 1.84. The minimum absolute atomic E-state index is 0.788. The molecule has 7 heteroatoms. The molecule has 1 heterocycles. The van der Waals surface area contributed by atoms with Crippen molar-refractivity contribution in [1.82, 2.24) is 0 Å². The number of benzene rings is 3. The Morgan fingerprint density at radius 1 is 0.657 bits per heavy atom. The molecule has 0 aliphatic heterocycles. The van der Waals surface area contributed by atoms with Crippen LogP contribution in [0.5, 0.6) is 5.75 Å². The molecule has 5 nitrogen and oxygen atoms in total. The highest BCUT2D eigenvalue weighted by Gasteiger charge is 2.21. The standard InChI is InChI=1S/C28H27OS.ClHO4/c1-2-3-10-21-29-25-17-15-22(16-18-25)26-19-20-27(23-11-6-4-7-12-23)30-28(26)24-13-8-5-9-14-24;2-1(3,4)5/h4-9,11-20H,2-3,10,21H2,1H3;(H,2,3,4,5)/q+1;/p-1. The first-order chi connectivity index (χ1) is 16.8. The Kier molecular flexibility index (Phi) is 10.2. The van der Waals surface area contributed by atoms with Gasteiger partial charge in [-0.2, -0.15) is 0 Å². The second-order valence-corrected chi connectivity index (χ2v) is 9.54. The molecular weight excluding hydrogens is 484 g/mol. The predicted molar refractivity (Wildman–Crippen MR) is 130 cm³/mol. The normalized spacial score (nSPS) is 10.9. The summed E-state index contributed by atoms with van der Waals surface area (Å²) in [6.07, 6.45) is 3.54. The average Bonchev–Trinajstić information content (AvgIpc) is 2.87. The zero-order valence-electron chi connectivity index (χ0n) is 19.4. The monoisotopic (exact) mass is 510 g/mol. The van der Waals surface area contributed by atoms with E-state index in [1.54, 1.807) is 0 Å². The van der Waals surface area contributed by atoms with E-state index in [9.17, 15) is 0 Å². The van der Waals surface area contributed by atoms with Gasteiger partial charge < -0.3 is 4.74 Å². The quantitative estimate of drug-likeness (QED) is 0.265. The minimum Gasteiger partial charge on any atom is -0.494 e. The maximum Gasteiger partial charge on any atom is 0.246 e. The third-order valence-corrected chi connectivity index (χ3v) is 6.39. The fourth-order valence-electron chi connectivity index (χ4n) is 3.50. The molecule has 35 heavy (non-hydrogen) atoms. The van der Waals surface area contributed by atoms with Crippen molar-refractivity contribution in [3.05, 3.63) is 97.1 Å². The Hall–Kier alpha value is -2.84. The van der Waals surface area contributed by atoms with E-state index in [0.717, 1.165) is 18.8 Å². The van der Waals surface area contributed by atoms with Crippen LogP contribution in [0.1, 0.15) is 26.2 Å². The van der Waals surface area contributed by atoms with Crippen molar-refractivity contribution in [2.45, 2.75) is 26.2 Å². The van der Waals surface area contributed by atoms with E-state index in [1.165, 1.54) is 44.8 Å². The second kappa shape index (κ2) is 13.3. The number of unbranched alkanes of at least 4 members (excludes halogenated alkanes) is 2. The van der Waals surface area contributed by atoms with Crippen molar-refractivity contribution in [1.29, 1.82) is 0 Å². The summed E-state index contributed by atoms with van der Waals surface area (Å²) in [6.45, 7) is 3.00. The number of hydrogen-bond donors (Lipinski definition) is 0. The predicted octanol–water partition coefficient (Wildman–Crippen LogP) is 3.84. The first-order valence-corrected chi connectivity index (χ1v) is 13.3. The third kappa shape index (κ3) is 9.03. The summed E-state index contributed by atoms with van der Waals surface area (Å²) < 4.78 is 39.9. The fraction of sp³-hybridized carbons (Fsp3) is 0.179.